The first-order valence-electron chi connectivity index (χ1n) is 5.35. The Balaban J connectivity index is 2.11. The van der Waals surface area contributed by atoms with E-state index in [1.807, 2.05) is 20.0 Å². The highest BCUT2D eigenvalue weighted by atomic mass is 32.1. The smallest absolute Gasteiger partial charge is 0.223 e. The summed E-state index contributed by atoms with van der Waals surface area (Å²) in [5.41, 5.74) is 6.97. The molecule has 0 aliphatic heterocycles. The molecule has 0 aromatic carbocycles. The lowest BCUT2D eigenvalue weighted by Gasteiger charge is -2.06. The largest absolute Gasteiger partial charge is 0.388 e. The standard InChI is InChI=1S/C11H13N5S2/c1-6-3-8(10(12)17)16-11(15-6)14-5-9-13-4-7(2)18-9/h3-4H,5H2,1-2H3,(H2,12,17)(H,14,15,16). The lowest BCUT2D eigenvalue weighted by Crippen LogP contribution is -2.14. The van der Waals surface area contributed by atoms with Gasteiger partial charge in [-0.25, -0.2) is 15.0 Å². The molecule has 94 valence electrons. The molecule has 0 saturated carbocycles. The van der Waals surface area contributed by atoms with Crippen LogP contribution in [0.25, 0.3) is 0 Å². The second-order valence-corrected chi connectivity index (χ2v) is 5.56. The summed E-state index contributed by atoms with van der Waals surface area (Å²) in [6.45, 7) is 4.50. The lowest BCUT2D eigenvalue weighted by molar-refractivity contribution is 1.01. The minimum absolute atomic E-state index is 0.272. The summed E-state index contributed by atoms with van der Waals surface area (Å²) >= 11 is 6.55. The third-order valence-electron chi connectivity index (χ3n) is 2.17. The van der Waals surface area contributed by atoms with E-state index >= 15 is 0 Å². The predicted molar refractivity (Wildman–Crippen MR) is 76.8 cm³/mol. The van der Waals surface area contributed by atoms with Crippen molar-refractivity contribution in [3.8, 4) is 0 Å². The zero-order valence-corrected chi connectivity index (χ0v) is 11.7. The van der Waals surface area contributed by atoms with Crippen molar-refractivity contribution < 1.29 is 0 Å². The molecule has 2 rings (SSSR count). The fourth-order valence-corrected chi connectivity index (χ4v) is 2.24. The Hall–Kier alpha value is -1.60. The van der Waals surface area contributed by atoms with Crippen LogP contribution in [0.5, 0.6) is 0 Å². The van der Waals surface area contributed by atoms with Crippen molar-refractivity contribution in [2.75, 3.05) is 5.32 Å². The first kappa shape index (κ1) is 12.8. The number of rotatable bonds is 4. The molecule has 0 bridgehead atoms. The van der Waals surface area contributed by atoms with E-state index in [4.69, 9.17) is 18.0 Å². The number of aryl methyl sites for hydroxylation is 2. The first-order chi connectivity index (χ1) is 8.54. The van der Waals surface area contributed by atoms with Crippen LogP contribution in [0.4, 0.5) is 5.95 Å². The lowest BCUT2D eigenvalue weighted by atomic mass is 10.3. The van der Waals surface area contributed by atoms with Crippen LogP contribution in [0.3, 0.4) is 0 Å². The molecule has 0 aliphatic carbocycles. The maximum absolute atomic E-state index is 5.57. The van der Waals surface area contributed by atoms with Crippen LogP contribution in [0, 0.1) is 13.8 Å². The monoisotopic (exact) mass is 279 g/mol. The highest BCUT2D eigenvalue weighted by molar-refractivity contribution is 7.80. The molecule has 0 radical (unpaired) electrons. The molecular weight excluding hydrogens is 266 g/mol. The van der Waals surface area contributed by atoms with Crippen LogP contribution in [-0.4, -0.2) is 19.9 Å². The van der Waals surface area contributed by atoms with E-state index in [9.17, 15) is 0 Å². The first-order valence-corrected chi connectivity index (χ1v) is 6.58. The molecule has 3 N–H and O–H groups in total. The van der Waals surface area contributed by atoms with E-state index in [2.05, 4.69) is 20.3 Å². The van der Waals surface area contributed by atoms with E-state index in [0.29, 0.717) is 18.2 Å². The number of nitrogens with two attached hydrogens (primary N) is 1. The van der Waals surface area contributed by atoms with Crippen molar-refractivity contribution in [1.82, 2.24) is 15.0 Å². The van der Waals surface area contributed by atoms with Crippen LogP contribution in [0.1, 0.15) is 21.3 Å². The van der Waals surface area contributed by atoms with Gasteiger partial charge in [-0.05, 0) is 19.9 Å². The van der Waals surface area contributed by atoms with Crippen molar-refractivity contribution >= 4 is 34.5 Å². The second-order valence-electron chi connectivity index (χ2n) is 3.80. The molecule has 0 atom stereocenters. The van der Waals surface area contributed by atoms with Crippen LogP contribution in [-0.2, 0) is 6.54 Å². The van der Waals surface area contributed by atoms with Gasteiger partial charge in [0.25, 0.3) is 0 Å². The zero-order chi connectivity index (χ0) is 13.1. The fourth-order valence-electron chi connectivity index (χ4n) is 1.41. The number of aromatic nitrogens is 3. The van der Waals surface area contributed by atoms with Gasteiger partial charge in [0.2, 0.25) is 5.95 Å². The Morgan fingerprint density at radius 2 is 2.22 bits per heavy atom. The molecule has 0 unspecified atom stereocenters. The molecule has 2 heterocycles. The number of nitrogens with one attached hydrogen (secondary N) is 1. The molecule has 7 heteroatoms. The molecule has 0 saturated heterocycles. The zero-order valence-electron chi connectivity index (χ0n) is 10.1. The van der Waals surface area contributed by atoms with Crippen LogP contribution >= 0.6 is 23.6 Å². The topological polar surface area (TPSA) is 76.7 Å². The van der Waals surface area contributed by atoms with E-state index in [1.165, 1.54) is 4.88 Å². The van der Waals surface area contributed by atoms with E-state index in [-0.39, 0.29) is 4.99 Å². The number of hydrogen-bond acceptors (Lipinski definition) is 6. The molecule has 0 spiro atoms. The average molecular weight is 279 g/mol. The average Bonchev–Trinajstić information content (AvgIpc) is 2.72. The molecule has 2 aromatic heterocycles. The Morgan fingerprint density at radius 1 is 1.44 bits per heavy atom. The molecule has 2 aromatic rings. The summed E-state index contributed by atoms with van der Waals surface area (Å²) in [7, 11) is 0. The van der Waals surface area contributed by atoms with Crippen molar-refractivity contribution in [2.24, 2.45) is 5.73 Å². The number of thiazole rings is 1. The second kappa shape index (κ2) is 5.36. The van der Waals surface area contributed by atoms with Gasteiger partial charge < -0.3 is 11.1 Å². The fraction of sp³-hybridized carbons (Fsp3) is 0.273. The van der Waals surface area contributed by atoms with E-state index in [0.717, 1.165) is 10.7 Å². The van der Waals surface area contributed by atoms with Crippen LogP contribution in [0.15, 0.2) is 12.3 Å². The number of anilines is 1. The molecular formula is C11H13N5S2. The third-order valence-corrected chi connectivity index (χ3v) is 3.30. The summed E-state index contributed by atoms with van der Waals surface area (Å²) in [5.74, 6) is 0.519. The summed E-state index contributed by atoms with van der Waals surface area (Å²) in [6.07, 6.45) is 1.85. The molecule has 0 amide bonds. The summed E-state index contributed by atoms with van der Waals surface area (Å²) in [5, 5.41) is 4.12. The van der Waals surface area contributed by atoms with Gasteiger partial charge in [-0.3, -0.25) is 0 Å². The predicted octanol–water partition coefficient (Wildman–Crippen LogP) is 1.80. The maximum atomic E-state index is 5.57. The quantitative estimate of drug-likeness (QED) is 0.831. The van der Waals surface area contributed by atoms with Gasteiger partial charge >= 0.3 is 0 Å². The summed E-state index contributed by atoms with van der Waals surface area (Å²) < 4.78 is 0. The highest BCUT2D eigenvalue weighted by Gasteiger charge is 2.05. The SMILES string of the molecule is Cc1cc(C(N)=S)nc(NCc2ncc(C)s2)n1. The van der Waals surface area contributed by atoms with Gasteiger partial charge in [0.05, 0.1) is 6.54 Å². The van der Waals surface area contributed by atoms with Gasteiger partial charge in [0.15, 0.2) is 0 Å². The van der Waals surface area contributed by atoms with Gasteiger partial charge in [-0.1, -0.05) is 12.2 Å². The summed E-state index contributed by atoms with van der Waals surface area (Å²) in [6, 6.07) is 1.76. The van der Waals surface area contributed by atoms with E-state index in [1.54, 1.807) is 17.4 Å². The Labute approximate surface area is 114 Å². The number of hydrogen-bond donors (Lipinski definition) is 2. The van der Waals surface area contributed by atoms with Gasteiger partial charge in [-0.2, -0.15) is 0 Å². The Kier molecular flexibility index (Phi) is 3.83. The summed E-state index contributed by atoms with van der Waals surface area (Å²) in [4.78, 5) is 14.2. The van der Waals surface area contributed by atoms with Gasteiger partial charge in [-0.15, -0.1) is 11.3 Å². The normalized spacial score (nSPS) is 10.3. The third kappa shape index (κ3) is 3.21. The van der Waals surface area contributed by atoms with Gasteiger partial charge in [0, 0.05) is 16.8 Å². The maximum Gasteiger partial charge on any atom is 0.223 e. The van der Waals surface area contributed by atoms with Crippen LogP contribution < -0.4 is 11.1 Å². The highest BCUT2D eigenvalue weighted by Crippen LogP contribution is 2.13. The van der Waals surface area contributed by atoms with E-state index < -0.39 is 0 Å². The van der Waals surface area contributed by atoms with Crippen molar-refractivity contribution in [3.05, 3.63) is 33.5 Å². The number of nitrogens with zero attached hydrogens (tertiary/aromatic N) is 3. The van der Waals surface area contributed by atoms with Crippen molar-refractivity contribution in [1.29, 1.82) is 0 Å². The Morgan fingerprint density at radius 3 is 2.83 bits per heavy atom. The molecule has 0 fully saturated rings. The van der Waals surface area contributed by atoms with Crippen LogP contribution in [0.2, 0.25) is 0 Å². The molecule has 0 aliphatic rings. The van der Waals surface area contributed by atoms with Crippen molar-refractivity contribution in [3.63, 3.8) is 0 Å². The number of thiocarbonyl (C=S) groups is 1. The molecule has 5 nitrogen and oxygen atoms in total. The van der Waals surface area contributed by atoms with Gasteiger partial charge in [0.1, 0.15) is 15.7 Å². The minimum atomic E-state index is 0.272. The Bertz CT molecular complexity index is 579. The van der Waals surface area contributed by atoms with Crippen molar-refractivity contribution in [2.45, 2.75) is 20.4 Å². The minimum Gasteiger partial charge on any atom is -0.388 e. The molecule has 18 heavy (non-hydrogen) atoms.